The molecule has 0 aromatic heterocycles. The molecule has 0 bridgehead atoms. The zero-order chi connectivity index (χ0) is 16.8. The largest absolute Gasteiger partial charge is 0.452 e. The van der Waals surface area contributed by atoms with Gasteiger partial charge in [0.05, 0.1) is 11.6 Å². The lowest BCUT2D eigenvalue weighted by Crippen LogP contribution is -2.31. The lowest BCUT2D eigenvalue weighted by atomic mass is 10.1. The summed E-state index contributed by atoms with van der Waals surface area (Å²) in [4.78, 5) is 23.6. The second-order valence-corrected chi connectivity index (χ2v) is 5.34. The fraction of sp³-hybridized carbons (Fsp3) is 0.176. The molecule has 0 aliphatic carbocycles. The first kappa shape index (κ1) is 17.0. The van der Waals surface area contributed by atoms with Crippen LogP contribution in [0.25, 0.3) is 0 Å². The molecule has 6 heteroatoms. The van der Waals surface area contributed by atoms with Crippen LogP contribution in [-0.2, 0) is 9.53 Å². The summed E-state index contributed by atoms with van der Waals surface area (Å²) in [5, 5.41) is 2.90. The highest BCUT2D eigenvalue weighted by Gasteiger charge is 2.16. The molecule has 4 nitrogen and oxygen atoms in total. The molecule has 0 aliphatic rings. The number of carbonyl (C=O) groups is 2. The van der Waals surface area contributed by atoms with E-state index in [2.05, 4.69) is 5.32 Å². The highest BCUT2D eigenvalue weighted by molar-refractivity contribution is 6.30. The molecule has 0 aliphatic heterocycles. The minimum Gasteiger partial charge on any atom is -0.452 e. The van der Waals surface area contributed by atoms with Crippen molar-refractivity contribution in [2.24, 2.45) is 0 Å². The second-order valence-electron chi connectivity index (χ2n) is 4.90. The van der Waals surface area contributed by atoms with Crippen molar-refractivity contribution < 1.29 is 18.7 Å². The molecule has 0 fully saturated rings. The van der Waals surface area contributed by atoms with Crippen molar-refractivity contribution in [2.75, 3.05) is 6.61 Å². The standard InChI is InChI=1S/C17H15ClFNO3/c1-11(12-5-3-2-4-6-12)20-16(21)10-23-17(22)14-9-13(18)7-8-15(14)19/h2-9,11H,10H2,1H3,(H,20,21). The normalized spacial score (nSPS) is 11.6. The number of halogens is 2. The average molecular weight is 336 g/mol. The fourth-order valence-electron chi connectivity index (χ4n) is 1.97. The third-order valence-electron chi connectivity index (χ3n) is 3.16. The molecule has 0 saturated heterocycles. The number of ether oxygens (including phenoxy) is 1. The summed E-state index contributed by atoms with van der Waals surface area (Å²) in [5.74, 6) is -2.16. The van der Waals surface area contributed by atoms with Crippen molar-refractivity contribution in [3.63, 3.8) is 0 Å². The van der Waals surface area contributed by atoms with Gasteiger partial charge in [-0.25, -0.2) is 9.18 Å². The highest BCUT2D eigenvalue weighted by atomic mass is 35.5. The van der Waals surface area contributed by atoms with Crippen LogP contribution in [0, 0.1) is 5.82 Å². The van der Waals surface area contributed by atoms with Crippen LogP contribution in [0.3, 0.4) is 0 Å². The molecule has 23 heavy (non-hydrogen) atoms. The van der Waals surface area contributed by atoms with E-state index >= 15 is 0 Å². The Morgan fingerprint density at radius 2 is 1.91 bits per heavy atom. The Kier molecular flexibility index (Phi) is 5.71. The molecule has 2 aromatic carbocycles. The summed E-state index contributed by atoms with van der Waals surface area (Å²) >= 11 is 5.71. The molecule has 1 unspecified atom stereocenters. The van der Waals surface area contributed by atoms with E-state index in [4.69, 9.17) is 16.3 Å². The third kappa shape index (κ3) is 4.79. The van der Waals surface area contributed by atoms with Crippen LogP contribution in [0.1, 0.15) is 28.9 Å². The zero-order valence-electron chi connectivity index (χ0n) is 12.4. The maximum Gasteiger partial charge on any atom is 0.341 e. The lowest BCUT2D eigenvalue weighted by Gasteiger charge is -2.14. The first-order valence-corrected chi connectivity index (χ1v) is 7.31. The number of carbonyl (C=O) groups excluding carboxylic acids is 2. The molecule has 1 atom stereocenters. The smallest absolute Gasteiger partial charge is 0.341 e. The molecule has 0 spiro atoms. The summed E-state index contributed by atoms with van der Waals surface area (Å²) < 4.78 is 18.3. The first-order chi connectivity index (χ1) is 11.0. The van der Waals surface area contributed by atoms with Crippen LogP contribution in [-0.4, -0.2) is 18.5 Å². The number of esters is 1. The number of amides is 1. The Morgan fingerprint density at radius 1 is 1.22 bits per heavy atom. The van der Waals surface area contributed by atoms with Gasteiger partial charge < -0.3 is 10.1 Å². The van der Waals surface area contributed by atoms with Gasteiger partial charge in [-0.2, -0.15) is 0 Å². The molecular weight excluding hydrogens is 321 g/mol. The topological polar surface area (TPSA) is 55.4 Å². The van der Waals surface area contributed by atoms with Gasteiger partial charge in [0, 0.05) is 5.02 Å². The van der Waals surface area contributed by atoms with Crippen molar-refractivity contribution in [1.29, 1.82) is 0 Å². The molecule has 0 heterocycles. The zero-order valence-corrected chi connectivity index (χ0v) is 13.1. The van der Waals surface area contributed by atoms with Crippen molar-refractivity contribution >= 4 is 23.5 Å². The van der Waals surface area contributed by atoms with Crippen molar-refractivity contribution in [3.05, 3.63) is 70.5 Å². The van der Waals surface area contributed by atoms with Crippen molar-refractivity contribution in [3.8, 4) is 0 Å². The first-order valence-electron chi connectivity index (χ1n) is 6.94. The Morgan fingerprint density at radius 3 is 2.61 bits per heavy atom. The summed E-state index contributed by atoms with van der Waals surface area (Å²) in [6.07, 6.45) is 0. The minimum atomic E-state index is -0.937. The highest BCUT2D eigenvalue weighted by Crippen LogP contribution is 2.16. The molecular formula is C17H15ClFNO3. The van der Waals surface area contributed by atoms with Gasteiger partial charge in [0.25, 0.3) is 5.91 Å². The van der Waals surface area contributed by atoms with Gasteiger partial charge in [-0.1, -0.05) is 41.9 Å². The van der Waals surface area contributed by atoms with Crippen LogP contribution >= 0.6 is 11.6 Å². The maximum atomic E-state index is 13.5. The van der Waals surface area contributed by atoms with E-state index in [9.17, 15) is 14.0 Å². The van der Waals surface area contributed by atoms with Gasteiger partial charge in [0.15, 0.2) is 6.61 Å². The van der Waals surface area contributed by atoms with Crippen LogP contribution in [0.15, 0.2) is 48.5 Å². The molecule has 0 radical (unpaired) electrons. The molecule has 2 aromatic rings. The van der Waals surface area contributed by atoms with E-state index in [1.165, 1.54) is 6.07 Å². The van der Waals surface area contributed by atoms with Crippen LogP contribution in [0.2, 0.25) is 5.02 Å². The lowest BCUT2D eigenvalue weighted by molar-refractivity contribution is -0.124. The molecule has 0 saturated carbocycles. The third-order valence-corrected chi connectivity index (χ3v) is 3.39. The number of hydrogen-bond acceptors (Lipinski definition) is 3. The van der Waals surface area contributed by atoms with Gasteiger partial charge in [-0.3, -0.25) is 4.79 Å². The van der Waals surface area contributed by atoms with E-state index in [1.54, 1.807) is 0 Å². The fourth-order valence-corrected chi connectivity index (χ4v) is 2.14. The van der Waals surface area contributed by atoms with Gasteiger partial charge in [0.1, 0.15) is 5.82 Å². The molecule has 2 rings (SSSR count). The van der Waals surface area contributed by atoms with E-state index < -0.39 is 24.3 Å². The summed E-state index contributed by atoms with van der Waals surface area (Å²) in [6, 6.07) is 12.7. The molecule has 120 valence electrons. The van der Waals surface area contributed by atoms with Gasteiger partial charge in [-0.15, -0.1) is 0 Å². The number of rotatable bonds is 5. The van der Waals surface area contributed by atoms with E-state index in [-0.39, 0.29) is 16.6 Å². The van der Waals surface area contributed by atoms with Gasteiger partial charge >= 0.3 is 5.97 Å². The predicted octanol–water partition coefficient (Wildman–Crippen LogP) is 3.51. The molecule has 1 amide bonds. The molecule has 1 N–H and O–H groups in total. The number of hydrogen-bond donors (Lipinski definition) is 1. The van der Waals surface area contributed by atoms with Crippen LogP contribution in [0.5, 0.6) is 0 Å². The van der Waals surface area contributed by atoms with Gasteiger partial charge in [-0.05, 0) is 30.7 Å². The quantitative estimate of drug-likeness (QED) is 0.851. The van der Waals surface area contributed by atoms with E-state index in [1.807, 2.05) is 37.3 Å². The average Bonchev–Trinajstić information content (AvgIpc) is 2.55. The Balaban J connectivity index is 1.89. The predicted molar refractivity (Wildman–Crippen MR) is 84.7 cm³/mol. The number of nitrogens with one attached hydrogen (secondary N) is 1. The summed E-state index contributed by atoms with van der Waals surface area (Å²) in [7, 11) is 0. The van der Waals surface area contributed by atoms with Crippen LogP contribution in [0.4, 0.5) is 4.39 Å². The van der Waals surface area contributed by atoms with Crippen LogP contribution < -0.4 is 5.32 Å². The van der Waals surface area contributed by atoms with E-state index in [0.29, 0.717) is 0 Å². The second kappa shape index (κ2) is 7.74. The Hall–Kier alpha value is -2.40. The maximum absolute atomic E-state index is 13.5. The minimum absolute atomic E-state index is 0.209. The van der Waals surface area contributed by atoms with Crippen molar-refractivity contribution in [1.82, 2.24) is 5.32 Å². The Labute approximate surface area is 138 Å². The van der Waals surface area contributed by atoms with E-state index in [0.717, 1.165) is 17.7 Å². The monoisotopic (exact) mass is 335 g/mol. The van der Waals surface area contributed by atoms with Gasteiger partial charge in [0.2, 0.25) is 0 Å². The summed E-state index contributed by atoms with van der Waals surface area (Å²) in [6.45, 7) is 1.31. The summed E-state index contributed by atoms with van der Waals surface area (Å²) in [5.41, 5.74) is 0.620. The van der Waals surface area contributed by atoms with Crippen molar-refractivity contribution in [2.45, 2.75) is 13.0 Å². The SMILES string of the molecule is CC(NC(=O)COC(=O)c1cc(Cl)ccc1F)c1ccccc1. The Bertz CT molecular complexity index is 706. The number of benzene rings is 2.